The lowest BCUT2D eigenvalue weighted by Crippen LogP contribution is -2.45. The number of amides is 1. The third kappa shape index (κ3) is 2.86. The molecule has 1 amide bonds. The van der Waals surface area contributed by atoms with Gasteiger partial charge in [-0.05, 0) is 38.4 Å². The molecular weight excluding hydrogens is 312 g/mol. The monoisotopic (exact) mass is 338 g/mol. The van der Waals surface area contributed by atoms with Crippen LogP contribution in [0.15, 0.2) is 42.7 Å². The molecule has 25 heavy (non-hydrogen) atoms. The van der Waals surface area contributed by atoms with E-state index in [1.54, 1.807) is 6.20 Å². The standard InChI is InChI=1S/C20H26N4O/c1-22-12-7-6-10-16-18(22)14-17(15-8-4-3-5-9-15)24(16)20(25)19-21-11-13-23(19)2/h3-5,8-9,11,13,16-18H,6-7,10,12,14H2,1-2H3/t16-,17-,18+/m0/s1. The average Bonchev–Trinajstić information content (AvgIpc) is 3.18. The van der Waals surface area contributed by atoms with Gasteiger partial charge < -0.3 is 14.4 Å². The van der Waals surface area contributed by atoms with Crippen LogP contribution in [-0.2, 0) is 7.05 Å². The van der Waals surface area contributed by atoms with Crippen LogP contribution in [0, 0.1) is 0 Å². The van der Waals surface area contributed by atoms with Gasteiger partial charge in [0.1, 0.15) is 0 Å². The van der Waals surface area contributed by atoms with Crippen LogP contribution < -0.4 is 0 Å². The topological polar surface area (TPSA) is 41.4 Å². The van der Waals surface area contributed by atoms with Crippen molar-refractivity contribution in [3.05, 3.63) is 54.1 Å². The molecule has 0 aliphatic carbocycles. The predicted molar refractivity (Wildman–Crippen MR) is 97.2 cm³/mol. The molecule has 1 aromatic heterocycles. The molecule has 3 heterocycles. The Bertz CT molecular complexity index is 741. The fraction of sp³-hybridized carbons (Fsp3) is 0.500. The summed E-state index contributed by atoms with van der Waals surface area (Å²) >= 11 is 0. The van der Waals surface area contributed by atoms with Crippen molar-refractivity contribution in [2.24, 2.45) is 7.05 Å². The van der Waals surface area contributed by atoms with Gasteiger partial charge in [-0.2, -0.15) is 0 Å². The zero-order valence-electron chi connectivity index (χ0n) is 15.0. The third-order valence-electron chi connectivity index (χ3n) is 5.86. The molecule has 1 aromatic carbocycles. The number of benzene rings is 1. The molecule has 4 rings (SSSR count). The first-order chi connectivity index (χ1) is 12.2. The number of likely N-dealkylation sites (tertiary alicyclic amines) is 2. The molecule has 0 unspecified atom stereocenters. The van der Waals surface area contributed by atoms with Gasteiger partial charge in [-0.3, -0.25) is 4.79 Å². The fourth-order valence-electron chi connectivity index (χ4n) is 4.55. The second kappa shape index (κ2) is 6.64. The second-order valence-electron chi connectivity index (χ2n) is 7.35. The highest BCUT2D eigenvalue weighted by Gasteiger charge is 2.47. The number of aromatic nitrogens is 2. The number of carbonyl (C=O) groups is 1. The molecule has 0 bridgehead atoms. The fourth-order valence-corrected chi connectivity index (χ4v) is 4.55. The summed E-state index contributed by atoms with van der Waals surface area (Å²) in [6.07, 6.45) is 8.02. The van der Waals surface area contributed by atoms with Crippen molar-refractivity contribution >= 4 is 5.91 Å². The maximum Gasteiger partial charge on any atom is 0.290 e. The maximum atomic E-state index is 13.4. The molecule has 5 nitrogen and oxygen atoms in total. The van der Waals surface area contributed by atoms with E-state index in [1.807, 2.05) is 23.9 Å². The SMILES string of the molecule is CN1CCCC[C@H]2[C@H]1C[C@@H](c1ccccc1)N2C(=O)c1nccn1C. The lowest BCUT2D eigenvalue weighted by atomic mass is 10.0. The zero-order chi connectivity index (χ0) is 17.4. The Morgan fingerprint density at radius 3 is 2.64 bits per heavy atom. The number of aryl methyl sites for hydroxylation is 1. The molecule has 0 spiro atoms. The van der Waals surface area contributed by atoms with Crippen molar-refractivity contribution < 1.29 is 4.79 Å². The molecule has 2 saturated heterocycles. The molecule has 2 aliphatic heterocycles. The summed E-state index contributed by atoms with van der Waals surface area (Å²) in [6, 6.07) is 11.3. The van der Waals surface area contributed by atoms with E-state index in [1.165, 1.54) is 18.4 Å². The molecule has 0 saturated carbocycles. The van der Waals surface area contributed by atoms with E-state index in [4.69, 9.17) is 0 Å². The summed E-state index contributed by atoms with van der Waals surface area (Å²) < 4.78 is 1.83. The minimum Gasteiger partial charge on any atom is -0.330 e. The summed E-state index contributed by atoms with van der Waals surface area (Å²) in [7, 11) is 4.10. The van der Waals surface area contributed by atoms with Crippen molar-refractivity contribution in [1.82, 2.24) is 19.4 Å². The van der Waals surface area contributed by atoms with Gasteiger partial charge in [0, 0.05) is 31.5 Å². The molecule has 132 valence electrons. The first-order valence-corrected chi connectivity index (χ1v) is 9.22. The van der Waals surface area contributed by atoms with Crippen LogP contribution in [0.25, 0.3) is 0 Å². The Balaban J connectivity index is 1.74. The minimum atomic E-state index is 0.0594. The normalized spacial score (nSPS) is 27.1. The van der Waals surface area contributed by atoms with Crippen LogP contribution >= 0.6 is 0 Å². The third-order valence-corrected chi connectivity index (χ3v) is 5.86. The smallest absolute Gasteiger partial charge is 0.290 e. The van der Waals surface area contributed by atoms with Crippen molar-refractivity contribution in [3.8, 4) is 0 Å². The summed E-state index contributed by atoms with van der Waals surface area (Å²) in [5.74, 6) is 0.595. The van der Waals surface area contributed by atoms with E-state index in [2.05, 4.69) is 46.1 Å². The molecule has 2 aliphatic rings. The Morgan fingerprint density at radius 2 is 1.92 bits per heavy atom. The first kappa shape index (κ1) is 16.3. The van der Waals surface area contributed by atoms with E-state index in [0.717, 1.165) is 19.4 Å². The summed E-state index contributed by atoms with van der Waals surface area (Å²) in [5, 5.41) is 0. The van der Waals surface area contributed by atoms with E-state index in [9.17, 15) is 4.79 Å². The van der Waals surface area contributed by atoms with Gasteiger partial charge in [-0.15, -0.1) is 0 Å². The highest BCUT2D eigenvalue weighted by atomic mass is 16.2. The summed E-state index contributed by atoms with van der Waals surface area (Å²) in [5.41, 5.74) is 1.23. The second-order valence-corrected chi connectivity index (χ2v) is 7.35. The average molecular weight is 338 g/mol. The molecule has 3 atom stereocenters. The number of likely N-dealkylation sites (N-methyl/N-ethyl adjacent to an activating group) is 1. The lowest BCUT2D eigenvalue weighted by Gasteiger charge is -2.32. The molecule has 0 N–H and O–H groups in total. The largest absolute Gasteiger partial charge is 0.330 e. The van der Waals surface area contributed by atoms with Gasteiger partial charge in [0.2, 0.25) is 0 Å². The zero-order valence-corrected chi connectivity index (χ0v) is 15.0. The molecule has 0 radical (unpaired) electrons. The van der Waals surface area contributed by atoms with E-state index < -0.39 is 0 Å². The number of carbonyl (C=O) groups excluding carboxylic acids is 1. The lowest BCUT2D eigenvalue weighted by molar-refractivity contribution is 0.0616. The summed E-state index contributed by atoms with van der Waals surface area (Å²) in [6.45, 7) is 1.12. The number of hydrogen-bond acceptors (Lipinski definition) is 3. The van der Waals surface area contributed by atoms with Crippen LogP contribution in [0.1, 0.15) is 47.9 Å². The molecular formula is C20H26N4O. The van der Waals surface area contributed by atoms with Gasteiger partial charge in [0.25, 0.3) is 5.91 Å². The van der Waals surface area contributed by atoms with Gasteiger partial charge >= 0.3 is 0 Å². The molecule has 5 heteroatoms. The Kier molecular flexibility index (Phi) is 4.34. The van der Waals surface area contributed by atoms with Crippen molar-refractivity contribution in [1.29, 1.82) is 0 Å². The van der Waals surface area contributed by atoms with E-state index in [-0.39, 0.29) is 18.0 Å². The maximum absolute atomic E-state index is 13.4. The number of nitrogens with zero attached hydrogens (tertiary/aromatic N) is 4. The van der Waals surface area contributed by atoms with Gasteiger partial charge in [-0.1, -0.05) is 36.8 Å². The number of rotatable bonds is 2. The minimum absolute atomic E-state index is 0.0594. The quantitative estimate of drug-likeness (QED) is 0.845. The van der Waals surface area contributed by atoms with Crippen molar-refractivity contribution in [2.45, 2.75) is 43.8 Å². The molecule has 2 aromatic rings. The highest BCUT2D eigenvalue weighted by molar-refractivity contribution is 5.91. The number of fused-ring (bicyclic) bond motifs is 1. The van der Waals surface area contributed by atoms with E-state index >= 15 is 0 Å². The predicted octanol–water partition coefficient (Wildman–Crippen LogP) is 2.86. The Morgan fingerprint density at radius 1 is 1.12 bits per heavy atom. The van der Waals surface area contributed by atoms with Crippen LogP contribution in [0.4, 0.5) is 0 Å². The van der Waals surface area contributed by atoms with Gasteiger partial charge in [-0.25, -0.2) is 4.98 Å². The number of hydrogen-bond donors (Lipinski definition) is 0. The van der Waals surface area contributed by atoms with Crippen LogP contribution in [0.2, 0.25) is 0 Å². The highest BCUT2D eigenvalue weighted by Crippen LogP contribution is 2.42. The number of imidazole rings is 1. The van der Waals surface area contributed by atoms with Crippen molar-refractivity contribution in [2.75, 3.05) is 13.6 Å². The van der Waals surface area contributed by atoms with E-state index in [0.29, 0.717) is 11.9 Å². The Hall–Kier alpha value is -2.14. The van der Waals surface area contributed by atoms with Gasteiger partial charge in [0.15, 0.2) is 5.82 Å². The molecule has 2 fully saturated rings. The van der Waals surface area contributed by atoms with Crippen LogP contribution in [-0.4, -0.2) is 50.9 Å². The van der Waals surface area contributed by atoms with Crippen LogP contribution in [0.3, 0.4) is 0 Å². The van der Waals surface area contributed by atoms with Gasteiger partial charge in [0.05, 0.1) is 6.04 Å². The first-order valence-electron chi connectivity index (χ1n) is 9.22. The summed E-state index contributed by atoms with van der Waals surface area (Å²) in [4.78, 5) is 22.3. The van der Waals surface area contributed by atoms with Crippen LogP contribution in [0.5, 0.6) is 0 Å². The van der Waals surface area contributed by atoms with Crippen molar-refractivity contribution in [3.63, 3.8) is 0 Å². The Labute approximate surface area is 149 Å².